The summed E-state index contributed by atoms with van der Waals surface area (Å²) in [6, 6.07) is 4.34. The molecule has 2 aromatic rings. The van der Waals surface area contributed by atoms with E-state index in [0.29, 0.717) is 0 Å². The second-order valence-electron chi connectivity index (χ2n) is 7.98. The highest BCUT2D eigenvalue weighted by atomic mass is 32.1. The minimum atomic E-state index is -0.0180. The van der Waals surface area contributed by atoms with Crippen LogP contribution in [0.25, 0.3) is 0 Å². The molecule has 1 saturated heterocycles. The SMILES string of the molecule is CCOC[C@]1(CCc2nccs2)CCN(C(C)(C)c2ccc(C)nc2)C1. The van der Waals surface area contributed by atoms with E-state index in [1.54, 1.807) is 11.3 Å². The van der Waals surface area contributed by atoms with Gasteiger partial charge in [0.2, 0.25) is 0 Å². The van der Waals surface area contributed by atoms with Crippen molar-refractivity contribution in [2.45, 2.75) is 52.5 Å². The van der Waals surface area contributed by atoms with Gasteiger partial charge in [-0.25, -0.2) is 4.98 Å². The lowest BCUT2D eigenvalue weighted by molar-refractivity contribution is 0.0384. The number of aryl methyl sites for hydroxylation is 2. The van der Waals surface area contributed by atoms with E-state index in [-0.39, 0.29) is 11.0 Å². The number of aromatic nitrogens is 2. The predicted molar refractivity (Wildman–Crippen MR) is 108 cm³/mol. The Morgan fingerprint density at radius 2 is 2.15 bits per heavy atom. The standard InChI is InChI=1S/C21H31N3OS/c1-5-25-16-21(9-8-19-22-11-13-26-19)10-12-24(15-21)20(3,4)18-7-6-17(2)23-14-18/h6-7,11,13-14H,5,8-10,12,15-16H2,1-4H3/t21-/m1/s1. The smallest absolute Gasteiger partial charge is 0.0925 e. The van der Waals surface area contributed by atoms with Crippen LogP contribution in [0.4, 0.5) is 0 Å². The molecule has 0 radical (unpaired) electrons. The molecule has 26 heavy (non-hydrogen) atoms. The van der Waals surface area contributed by atoms with Crippen molar-refractivity contribution in [2.24, 2.45) is 5.41 Å². The van der Waals surface area contributed by atoms with Crippen LogP contribution in [0.15, 0.2) is 29.9 Å². The molecule has 1 aliphatic rings. The number of hydrogen-bond donors (Lipinski definition) is 0. The second kappa shape index (κ2) is 8.15. The van der Waals surface area contributed by atoms with Gasteiger partial charge < -0.3 is 4.74 Å². The van der Waals surface area contributed by atoms with Crippen molar-refractivity contribution in [3.05, 3.63) is 46.2 Å². The first kappa shape index (κ1) is 19.5. The van der Waals surface area contributed by atoms with Gasteiger partial charge in [0.1, 0.15) is 0 Å². The minimum Gasteiger partial charge on any atom is -0.381 e. The Hall–Kier alpha value is -1.30. The quantitative estimate of drug-likeness (QED) is 0.685. The van der Waals surface area contributed by atoms with Gasteiger partial charge in [-0.05, 0) is 65.1 Å². The number of likely N-dealkylation sites (tertiary alicyclic amines) is 1. The summed E-state index contributed by atoms with van der Waals surface area (Å²) in [7, 11) is 0. The van der Waals surface area contributed by atoms with E-state index in [9.17, 15) is 0 Å². The molecule has 3 rings (SSSR count). The first-order chi connectivity index (χ1) is 12.5. The summed E-state index contributed by atoms with van der Waals surface area (Å²) < 4.78 is 5.92. The highest BCUT2D eigenvalue weighted by molar-refractivity contribution is 7.09. The first-order valence-electron chi connectivity index (χ1n) is 9.59. The van der Waals surface area contributed by atoms with E-state index >= 15 is 0 Å². The fourth-order valence-electron chi connectivity index (χ4n) is 3.89. The van der Waals surface area contributed by atoms with Crippen LogP contribution in [-0.4, -0.2) is 41.2 Å². The Labute approximate surface area is 161 Å². The molecule has 5 heteroatoms. The molecule has 1 atom stereocenters. The molecule has 0 unspecified atom stereocenters. The van der Waals surface area contributed by atoms with Crippen LogP contribution in [0.5, 0.6) is 0 Å². The van der Waals surface area contributed by atoms with Crippen LogP contribution in [0, 0.1) is 12.3 Å². The monoisotopic (exact) mass is 373 g/mol. The van der Waals surface area contributed by atoms with Crippen molar-refractivity contribution in [2.75, 3.05) is 26.3 Å². The number of pyridine rings is 1. The molecule has 0 bridgehead atoms. The molecule has 0 saturated carbocycles. The number of hydrogen-bond acceptors (Lipinski definition) is 5. The Kier molecular flexibility index (Phi) is 6.10. The summed E-state index contributed by atoms with van der Waals surface area (Å²) in [6.07, 6.45) is 7.31. The van der Waals surface area contributed by atoms with E-state index in [0.717, 1.165) is 44.8 Å². The van der Waals surface area contributed by atoms with Crippen molar-refractivity contribution in [1.82, 2.24) is 14.9 Å². The summed E-state index contributed by atoms with van der Waals surface area (Å²) in [6.45, 7) is 12.6. The number of thiazole rings is 1. The van der Waals surface area contributed by atoms with Gasteiger partial charge in [-0.15, -0.1) is 11.3 Å². The van der Waals surface area contributed by atoms with Crippen LogP contribution in [-0.2, 0) is 16.7 Å². The fraction of sp³-hybridized carbons (Fsp3) is 0.619. The zero-order chi connectivity index (χ0) is 18.6. The van der Waals surface area contributed by atoms with Crippen LogP contribution in [0.3, 0.4) is 0 Å². The van der Waals surface area contributed by atoms with Crippen LogP contribution in [0.2, 0.25) is 0 Å². The molecule has 0 aromatic carbocycles. The van der Waals surface area contributed by atoms with E-state index < -0.39 is 0 Å². The number of rotatable bonds is 8. The van der Waals surface area contributed by atoms with E-state index in [4.69, 9.17) is 4.74 Å². The minimum absolute atomic E-state index is 0.0180. The number of ether oxygens (including phenoxy) is 1. The van der Waals surface area contributed by atoms with Gasteiger partial charge in [-0.2, -0.15) is 0 Å². The lowest BCUT2D eigenvalue weighted by Gasteiger charge is -2.38. The van der Waals surface area contributed by atoms with Gasteiger partial charge in [0.15, 0.2) is 0 Å². The summed E-state index contributed by atoms with van der Waals surface area (Å²) in [5, 5.41) is 3.31. The zero-order valence-corrected chi connectivity index (χ0v) is 17.3. The maximum absolute atomic E-state index is 5.92. The molecule has 0 amide bonds. The molecule has 142 valence electrons. The molecular formula is C21H31N3OS. The normalized spacial score (nSPS) is 21.4. The summed E-state index contributed by atoms with van der Waals surface area (Å²) in [4.78, 5) is 11.6. The van der Waals surface area contributed by atoms with Crippen LogP contribution < -0.4 is 0 Å². The number of nitrogens with zero attached hydrogens (tertiary/aromatic N) is 3. The van der Waals surface area contributed by atoms with Gasteiger partial charge in [0, 0.05) is 47.6 Å². The topological polar surface area (TPSA) is 38.2 Å². The van der Waals surface area contributed by atoms with Gasteiger partial charge in [-0.1, -0.05) is 6.07 Å². The molecule has 2 aromatic heterocycles. The van der Waals surface area contributed by atoms with Crippen LogP contribution >= 0.6 is 11.3 Å². The molecule has 0 aliphatic carbocycles. The average Bonchev–Trinajstić information content (AvgIpc) is 3.29. The Morgan fingerprint density at radius 1 is 1.31 bits per heavy atom. The molecule has 0 spiro atoms. The van der Waals surface area contributed by atoms with Crippen molar-refractivity contribution >= 4 is 11.3 Å². The Morgan fingerprint density at radius 3 is 2.81 bits per heavy atom. The second-order valence-corrected chi connectivity index (χ2v) is 8.96. The Bertz CT molecular complexity index is 684. The maximum atomic E-state index is 5.92. The molecule has 1 aliphatic heterocycles. The lowest BCUT2D eigenvalue weighted by atomic mass is 9.83. The molecule has 0 N–H and O–H groups in total. The van der Waals surface area contributed by atoms with Gasteiger partial charge in [-0.3, -0.25) is 9.88 Å². The summed E-state index contributed by atoms with van der Waals surface area (Å²) >= 11 is 1.76. The van der Waals surface area contributed by atoms with Crippen molar-refractivity contribution in [3.63, 3.8) is 0 Å². The van der Waals surface area contributed by atoms with E-state index in [2.05, 4.69) is 53.2 Å². The summed E-state index contributed by atoms with van der Waals surface area (Å²) in [5.74, 6) is 0. The molecule has 4 nitrogen and oxygen atoms in total. The van der Waals surface area contributed by atoms with E-state index in [1.807, 2.05) is 19.3 Å². The van der Waals surface area contributed by atoms with Crippen LogP contribution in [0.1, 0.15) is 49.9 Å². The van der Waals surface area contributed by atoms with Gasteiger partial charge in [0.05, 0.1) is 11.6 Å². The van der Waals surface area contributed by atoms with Crippen molar-refractivity contribution < 1.29 is 4.74 Å². The van der Waals surface area contributed by atoms with Crippen molar-refractivity contribution in [3.8, 4) is 0 Å². The fourth-order valence-corrected chi connectivity index (χ4v) is 4.51. The highest BCUT2D eigenvalue weighted by Crippen LogP contribution is 2.41. The third-order valence-electron chi connectivity index (χ3n) is 5.81. The largest absolute Gasteiger partial charge is 0.381 e. The predicted octanol–water partition coefficient (Wildman–Crippen LogP) is 4.44. The summed E-state index contributed by atoms with van der Waals surface area (Å²) in [5.41, 5.74) is 2.56. The first-order valence-corrected chi connectivity index (χ1v) is 10.5. The lowest BCUT2D eigenvalue weighted by Crippen LogP contribution is -2.42. The third kappa shape index (κ3) is 4.33. The molecule has 3 heterocycles. The molecular weight excluding hydrogens is 342 g/mol. The van der Waals surface area contributed by atoms with Crippen molar-refractivity contribution in [1.29, 1.82) is 0 Å². The van der Waals surface area contributed by atoms with Gasteiger partial charge >= 0.3 is 0 Å². The third-order valence-corrected chi connectivity index (χ3v) is 6.65. The molecule has 1 fully saturated rings. The van der Waals surface area contributed by atoms with E-state index in [1.165, 1.54) is 17.0 Å². The average molecular weight is 374 g/mol. The Balaban J connectivity index is 1.73. The maximum Gasteiger partial charge on any atom is 0.0925 e. The zero-order valence-electron chi connectivity index (χ0n) is 16.5. The highest BCUT2D eigenvalue weighted by Gasteiger charge is 2.43. The van der Waals surface area contributed by atoms with Gasteiger partial charge in [0.25, 0.3) is 0 Å².